The van der Waals surface area contributed by atoms with Gasteiger partial charge in [-0.2, -0.15) is 0 Å². The van der Waals surface area contributed by atoms with E-state index < -0.39 is 9.84 Å². The van der Waals surface area contributed by atoms with Crippen LogP contribution in [0, 0.1) is 0 Å². The Morgan fingerprint density at radius 2 is 2.00 bits per heavy atom. The molecule has 1 atom stereocenters. The number of rotatable bonds is 5. The number of sulfone groups is 1. The van der Waals surface area contributed by atoms with Gasteiger partial charge in [-0.1, -0.05) is 29.8 Å². The summed E-state index contributed by atoms with van der Waals surface area (Å²) in [5, 5.41) is 3.83. The first-order chi connectivity index (χ1) is 7.40. The Balaban J connectivity index is 2.54. The zero-order valence-electron chi connectivity index (χ0n) is 9.40. The van der Waals surface area contributed by atoms with Crippen molar-refractivity contribution < 1.29 is 8.42 Å². The van der Waals surface area contributed by atoms with Gasteiger partial charge in [-0.3, -0.25) is 0 Å². The Labute approximate surface area is 102 Å². The van der Waals surface area contributed by atoms with E-state index >= 15 is 0 Å². The number of halogens is 1. The van der Waals surface area contributed by atoms with Crippen LogP contribution >= 0.6 is 11.6 Å². The molecule has 0 radical (unpaired) electrons. The van der Waals surface area contributed by atoms with Crippen LogP contribution in [-0.4, -0.2) is 27.0 Å². The second-order valence-corrected chi connectivity index (χ2v) is 6.49. The van der Waals surface area contributed by atoms with Crippen molar-refractivity contribution in [3.63, 3.8) is 0 Å². The summed E-state index contributed by atoms with van der Waals surface area (Å²) < 4.78 is 21.9. The molecule has 0 aliphatic heterocycles. The van der Waals surface area contributed by atoms with Crippen LogP contribution in [0.3, 0.4) is 0 Å². The zero-order chi connectivity index (χ0) is 12.2. The van der Waals surface area contributed by atoms with Crippen molar-refractivity contribution in [3.05, 3.63) is 34.9 Å². The average molecular weight is 262 g/mol. The van der Waals surface area contributed by atoms with Crippen molar-refractivity contribution in [1.29, 1.82) is 0 Å². The normalized spacial score (nSPS) is 13.7. The smallest absolute Gasteiger partial charge is 0.148 e. The van der Waals surface area contributed by atoms with Gasteiger partial charge in [0.1, 0.15) is 9.84 Å². The molecule has 16 heavy (non-hydrogen) atoms. The van der Waals surface area contributed by atoms with Crippen molar-refractivity contribution in [3.8, 4) is 0 Å². The van der Waals surface area contributed by atoms with Gasteiger partial charge in [0.25, 0.3) is 0 Å². The van der Waals surface area contributed by atoms with Gasteiger partial charge >= 0.3 is 0 Å². The third-order valence-electron chi connectivity index (χ3n) is 2.30. The lowest BCUT2D eigenvalue weighted by atomic mass is 10.1. The molecule has 0 amide bonds. The zero-order valence-corrected chi connectivity index (χ0v) is 11.0. The monoisotopic (exact) mass is 261 g/mol. The number of hydrogen-bond donors (Lipinski definition) is 1. The lowest BCUT2D eigenvalue weighted by Gasteiger charge is -2.15. The highest BCUT2D eigenvalue weighted by Gasteiger charge is 2.09. The highest BCUT2D eigenvalue weighted by atomic mass is 35.5. The molecule has 1 aromatic carbocycles. The first-order valence-electron chi connectivity index (χ1n) is 5.05. The van der Waals surface area contributed by atoms with Gasteiger partial charge in [-0.05, 0) is 18.6 Å². The van der Waals surface area contributed by atoms with Crippen LogP contribution in [0.5, 0.6) is 0 Å². The van der Waals surface area contributed by atoms with Crippen molar-refractivity contribution in [2.75, 3.05) is 18.6 Å². The van der Waals surface area contributed by atoms with Crippen LogP contribution in [0.4, 0.5) is 0 Å². The summed E-state index contributed by atoms with van der Waals surface area (Å²) >= 11 is 6.03. The van der Waals surface area contributed by atoms with E-state index in [2.05, 4.69) is 5.32 Å². The van der Waals surface area contributed by atoms with Crippen molar-refractivity contribution >= 4 is 21.4 Å². The quantitative estimate of drug-likeness (QED) is 0.882. The topological polar surface area (TPSA) is 46.2 Å². The third kappa shape index (κ3) is 4.51. The Morgan fingerprint density at radius 3 is 2.56 bits per heavy atom. The highest BCUT2D eigenvalue weighted by Crippen LogP contribution is 2.21. The second-order valence-electron chi connectivity index (χ2n) is 3.83. The molecule has 0 bridgehead atoms. The van der Waals surface area contributed by atoms with E-state index in [1.165, 1.54) is 6.26 Å². The summed E-state index contributed by atoms with van der Waals surface area (Å²) in [4.78, 5) is 0. The van der Waals surface area contributed by atoms with Crippen molar-refractivity contribution in [1.82, 2.24) is 5.32 Å². The largest absolute Gasteiger partial charge is 0.309 e. The van der Waals surface area contributed by atoms with E-state index in [9.17, 15) is 8.42 Å². The molecule has 3 nitrogen and oxygen atoms in total. The fourth-order valence-corrected chi connectivity index (χ4v) is 2.19. The van der Waals surface area contributed by atoms with Crippen molar-refractivity contribution in [2.45, 2.75) is 13.0 Å². The molecule has 1 N–H and O–H groups in total. The highest BCUT2D eigenvalue weighted by molar-refractivity contribution is 7.90. The Bertz CT molecular complexity index is 445. The summed E-state index contributed by atoms with van der Waals surface area (Å²) in [5.74, 6) is 0.141. The molecule has 90 valence electrons. The lowest BCUT2D eigenvalue weighted by Crippen LogP contribution is -2.25. The first kappa shape index (κ1) is 13.5. The molecular formula is C11H16ClNO2S. The van der Waals surface area contributed by atoms with Crippen LogP contribution in [0.2, 0.25) is 5.02 Å². The molecular weight excluding hydrogens is 246 g/mol. The molecule has 0 fully saturated rings. The minimum Gasteiger partial charge on any atom is -0.309 e. The average Bonchev–Trinajstić information content (AvgIpc) is 2.16. The Hall–Kier alpha value is -0.580. The molecule has 0 aliphatic rings. The summed E-state index contributed by atoms with van der Waals surface area (Å²) in [5.41, 5.74) is 0.984. The van der Waals surface area contributed by atoms with E-state index in [0.29, 0.717) is 11.6 Å². The summed E-state index contributed by atoms with van der Waals surface area (Å²) in [6.07, 6.45) is 1.23. The van der Waals surface area contributed by atoms with Gasteiger partial charge in [-0.15, -0.1) is 0 Å². The van der Waals surface area contributed by atoms with Crippen LogP contribution < -0.4 is 5.32 Å². The number of nitrogens with one attached hydrogen (secondary N) is 1. The second kappa shape index (κ2) is 5.66. The standard InChI is InChI=1S/C11H16ClNO2S/c1-9(13-7-8-16(2,14)15)10-5-3-4-6-11(10)12/h3-6,9,13H,7-8H2,1-2H3/t9-/m1/s1. The molecule has 0 aromatic heterocycles. The van der Waals surface area contributed by atoms with E-state index in [1.807, 2.05) is 31.2 Å². The fourth-order valence-electron chi connectivity index (χ4n) is 1.40. The minimum absolute atomic E-state index is 0.0513. The van der Waals surface area contributed by atoms with Crippen LogP contribution in [0.15, 0.2) is 24.3 Å². The van der Waals surface area contributed by atoms with Gasteiger partial charge in [0.05, 0.1) is 5.75 Å². The maximum atomic E-state index is 11.0. The first-order valence-corrected chi connectivity index (χ1v) is 7.49. The van der Waals surface area contributed by atoms with Crippen LogP contribution in [0.1, 0.15) is 18.5 Å². The maximum absolute atomic E-state index is 11.0. The van der Waals surface area contributed by atoms with Crippen molar-refractivity contribution in [2.24, 2.45) is 0 Å². The molecule has 0 aliphatic carbocycles. The van der Waals surface area contributed by atoms with Crippen LogP contribution in [0.25, 0.3) is 0 Å². The van der Waals surface area contributed by atoms with E-state index in [0.717, 1.165) is 5.56 Å². The van der Waals surface area contributed by atoms with E-state index in [-0.39, 0.29) is 11.8 Å². The molecule has 5 heteroatoms. The third-order valence-corrected chi connectivity index (χ3v) is 3.59. The van der Waals surface area contributed by atoms with Gasteiger partial charge in [0.15, 0.2) is 0 Å². The molecule has 1 aromatic rings. The minimum atomic E-state index is -2.91. The summed E-state index contributed by atoms with van der Waals surface area (Å²) in [7, 11) is -2.91. The van der Waals surface area contributed by atoms with Gasteiger partial charge < -0.3 is 5.32 Å². The predicted molar refractivity (Wildman–Crippen MR) is 67.6 cm³/mol. The number of benzene rings is 1. The molecule has 0 heterocycles. The summed E-state index contributed by atoms with van der Waals surface area (Å²) in [6, 6.07) is 7.59. The molecule has 0 saturated heterocycles. The van der Waals surface area contributed by atoms with Crippen LogP contribution in [-0.2, 0) is 9.84 Å². The molecule has 0 spiro atoms. The Kier molecular flexibility index (Phi) is 4.77. The van der Waals surface area contributed by atoms with Gasteiger partial charge in [0, 0.05) is 23.9 Å². The van der Waals surface area contributed by atoms with Gasteiger partial charge in [0.2, 0.25) is 0 Å². The summed E-state index contributed by atoms with van der Waals surface area (Å²) in [6.45, 7) is 2.40. The fraction of sp³-hybridized carbons (Fsp3) is 0.455. The SMILES string of the molecule is C[C@@H](NCCS(C)(=O)=O)c1ccccc1Cl. The molecule has 0 unspecified atom stereocenters. The lowest BCUT2D eigenvalue weighted by molar-refractivity contribution is 0.576. The van der Waals surface area contributed by atoms with E-state index in [4.69, 9.17) is 11.6 Å². The molecule has 0 saturated carbocycles. The molecule has 1 rings (SSSR count). The Morgan fingerprint density at radius 1 is 1.38 bits per heavy atom. The van der Waals surface area contributed by atoms with Gasteiger partial charge in [-0.25, -0.2) is 8.42 Å². The van der Waals surface area contributed by atoms with E-state index in [1.54, 1.807) is 0 Å². The predicted octanol–water partition coefficient (Wildman–Crippen LogP) is 2.04. The number of hydrogen-bond acceptors (Lipinski definition) is 3. The maximum Gasteiger partial charge on any atom is 0.148 e.